The van der Waals surface area contributed by atoms with Crippen LogP contribution in [0.2, 0.25) is 72.5 Å². The van der Waals surface area contributed by atoms with Gasteiger partial charge < -0.3 is 22.4 Å². The SMILES string of the molecule is CC(C)(C)[Si](C)(C)OC[C@H]1O[C@H](N2C(=O)CCC2=O)[C@H](O[Si](C)(C)C(C)(C)C)[C@@H](O[Si](C)(C)C(C)(C)C)[C@@H]1O[Si](C)(C)C(C)(C)C. The molecule has 2 saturated heterocycles. The molecule has 0 radical (unpaired) electrons. The maximum atomic E-state index is 13.4. The topological polar surface area (TPSA) is 83.5 Å². The highest BCUT2D eigenvalue weighted by atomic mass is 28.4. The van der Waals surface area contributed by atoms with Crippen LogP contribution >= 0.6 is 0 Å². The van der Waals surface area contributed by atoms with E-state index in [0.717, 1.165) is 0 Å². The van der Waals surface area contributed by atoms with Gasteiger partial charge in [0, 0.05) is 12.8 Å². The van der Waals surface area contributed by atoms with Gasteiger partial charge in [0.05, 0.1) is 6.61 Å². The van der Waals surface area contributed by atoms with Crippen LogP contribution in [0.15, 0.2) is 0 Å². The molecule has 0 aliphatic carbocycles. The Morgan fingerprint density at radius 1 is 0.565 bits per heavy atom. The molecule has 0 aromatic rings. The molecule has 2 rings (SSSR count). The first kappa shape index (κ1) is 42.0. The number of ether oxygens (including phenoxy) is 1. The highest BCUT2D eigenvalue weighted by Gasteiger charge is 2.59. The lowest BCUT2D eigenvalue weighted by Gasteiger charge is -2.56. The van der Waals surface area contributed by atoms with Gasteiger partial charge in [0.25, 0.3) is 0 Å². The first-order chi connectivity index (χ1) is 20.2. The molecule has 270 valence electrons. The first-order valence-corrected chi connectivity index (χ1v) is 29.0. The molecule has 12 heteroatoms. The van der Waals surface area contributed by atoms with Crippen LogP contribution in [-0.4, -0.2) is 87.2 Å². The van der Waals surface area contributed by atoms with Crippen LogP contribution in [0.3, 0.4) is 0 Å². The fourth-order valence-electron chi connectivity index (χ4n) is 4.57. The van der Waals surface area contributed by atoms with Crippen LogP contribution in [-0.2, 0) is 32.0 Å². The average molecular weight is 718 g/mol. The van der Waals surface area contributed by atoms with Gasteiger partial charge in [-0.3, -0.25) is 14.5 Å². The number of imide groups is 1. The minimum atomic E-state index is -2.47. The summed E-state index contributed by atoms with van der Waals surface area (Å²) in [5, 5.41) is -0.317. The van der Waals surface area contributed by atoms with E-state index in [1.54, 1.807) is 0 Å². The quantitative estimate of drug-likeness (QED) is 0.165. The van der Waals surface area contributed by atoms with E-state index in [4.69, 9.17) is 22.4 Å². The van der Waals surface area contributed by atoms with E-state index in [9.17, 15) is 9.59 Å². The molecule has 0 bridgehead atoms. The summed E-state index contributed by atoms with van der Waals surface area (Å²) >= 11 is 0. The third-order valence-electron chi connectivity index (χ3n) is 12.1. The lowest BCUT2D eigenvalue weighted by molar-refractivity contribution is -0.247. The third-order valence-corrected chi connectivity index (χ3v) is 30.0. The summed E-state index contributed by atoms with van der Waals surface area (Å²) < 4.78 is 35.9. The molecule has 2 aliphatic rings. The zero-order valence-electron chi connectivity index (χ0n) is 33.3. The Hall–Kier alpha value is -0.192. The van der Waals surface area contributed by atoms with E-state index < -0.39 is 63.9 Å². The Kier molecular flexibility index (Phi) is 12.3. The van der Waals surface area contributed by atoms with Crippen LogP contribution in [0.4, 0.5) is 0 Å². The van der Waals surface area contributed by atoms with Crippen molar-refractivity contribution >= 4 is 45.1 Å². The molecule has 0 unspecified atom stereocenters. The van der Waals surface area contributed by atoms with Gasteiger partial charge in [0.1, 0.15) is 24.4 Å². The van der Waals surface area contributed by atoms with Gasteiger partial charge in [-0.15, -0.1) is 0 Å². The number of nitrogens with zero attached hydrogens (tertiary/aromatic N) is 1. The van der Waals surface area contributed by atoms with Crippen molar-refractivity contribution < 1.29 is 32.0 Å². The molecular formula is C34H71NO7Si4. The molecule has 2 fully saturated rings. The van der Waals surface area contributed by atoms with Gasteiger partial charge in [0.15, 0.2) is 39.5 Å². The normalized spacial score (nSPS) is 26.7. The zero-order chi connectivity index (χ0) is 36.3. The fraction of sp³-hybridized carbons (Fsp3) is 0.941. The monoisotopic (exact) mass is 717 g/mol. The van der Waals surface area contributed by atoms with Crippen LogP contribution in [0.5, 0.6) is 0 Å². The van der Waals surface area contributed by atoms with Crippen molar-refractivity contribution in [1.29, 1.82) is 0 Å². The van der Waals surface area contributed by atoms with Gasteiger partial charge in [0.2, 0.25) is 11.8 Å². The van der Waals surface area contributed by atoms with Gasteiger partial charge >= 0.3 is 0 Å². The molecule has 0 saturated carbocycles. The second-order valence-corrected chi connectivity index (χ2v) is 38.9. The fourth-order valence-corrected chi connectivity index (χ4v) is 9.50. The predicted molar refractivity (Wildman–Crippen MR) is 199 cm³/mol. The number of carbonyl (C=O) groups excluding carboxylic acids is 2. The molecule has 0 N–H and O–H groups in total. The highest BCUT2D eigenvalue weighted by Crippen LogP contribution is 2.47. The second kappa shape index (κ2) is 13.5. The number of amides is 2. The molecule has 2 amide bonds. The Bertz CT molecular complexity index is 1080. The van der Waals surface area contributed by atoms with E-state index in [-0.39, 0.29) is 51.4 Å². The van der Waals surface area contributed by atoms with Crippen LogP contribution < -0.4 is 0 Å². The smallest absolute Gasteiger partial charge is 0.231 e. The number of likely N-dealkylation sites (tertiary alicyclic amines) is 1. The predicted octanol–water partition coefficient (Wildman–Crippen LogP) is 9.05. The zero-order valence-corrected chi connectivity index (χ0v) is 37.3. The highest BCUT2D eigenvalue weighted by molar-refractivity contribution is 6.75. The van der Waals surface area contributed by atoms with Crippen molar-refractivity contribution in [3.63, 3.8) is 0 Å². The minimum Gasteiger partial charge on any atom is -0.414 e. The Balaban J connectivity index is 2.90. The average Bonchev–Trinajstić information content (AvgIpc) is 3.15. The number of rotatable bonds is 10. The van der Waals surface area contributed by atoms with Gasteiger partial charge in [-0.05, 0) is 72.5 Å². The minimum absolute atomic E-state index is 0.0112. The molecule has 46 heavy (non-hydrogen) atoms. The van der Waals surface area contributed by atoms with Crippen LogP contribution in [0.1, 0.15) is 95.9 Å². The van der Waals surface area contributed by atoms with Crippen molar-refractivity contribution in [3.05, 3.63) is 0 Å². The Morgan fingerprint density at radius 3 is 1.24 bits per heavy atom. The number of hydrogen-bond acceptors (Lipinski definition) is 7. The van der Waals surface area contributed by atoms with Crippen molar-refractivity contribution in [2.75, 3.05) is 6.61 Å². The molecule has 0 spiro atoms. The molecule has 0 aromatic heterocycles. The lowest BCUT2D eigenvalue weighted by atomic mass is 9.98. The van der Waals surface area contributed by atoms with E-state index >= 15 is 0 Å². The molecule has 2 heterocycles. The van der Waals surface area contributed by atoms with Crippen LogP contribution in [0.25, 0.3) is 0 Å². The summed E-state index contributed by atoms with van der Waals surface area (Å²) in [7, 11) is -9.52. The lowest BCUT2D eigenvalue weighted by Crippen LogP contribution is -2.71. The molecule has 8 nitrogen and oxygen atoms in total. The van der Waals surface area contributed by atoms with E-state index in [1.807, 2.05) is 0 Å². The number of carbonyl (C=O) groups is 2. The summed E-state index contributed by atoms with van der Waals surface area (Å²) in [4.78, 5) is 28.2. The largest absolute Gasteiger partial charge is 0.414 e. The maximum Gasteiger partial charge on any atom is 0.231 e. The first-order valence-electron chi connectivity index (χ1n) is 17.3. The molecular weight excluding hydrogens is 647 g/mol. The van der Waals surface area contributed by atoms with Crippen molar-refractivity contribution in [1.82, 2.24) is 4.90 Å². The van der Waals surface area contributed by atoms with Gasteiger partial charge in [-0.2, -0.15) is 0 Å². The summed E-state index contributed by atoms with van der Waals surface area (Å²) in [6.45, 7) is 44.9. The standard InChI is InChI=1S/C34H71NO7Si4/c1-31(2,3)43(13,14)38-23-24-27(40-44(15,16)32(4,5)6)28(41-45(17,18)33(7,8)9)29(42-46(19,20)34(10,11)12)30(39-24)35-25(36)21-22-26(35)37/h24,27-30H,21-23H2,1-20H3/t24-,27-,28+,29-,30+/m1/s1. The molecule has 2 aliphatic heterocycles. The summed E-state index contributed by atoms with van der Waals surface area (Å²) in [6.07, 6.45) is -2.94. The van der Waals surface area contributed by atoms with Crippen molar-refractivity contribution in [3.8, 4) is 0 Å². The second-order valence-electron chi connectivity index (χ2n) is 19.8. The van der Waals surface area contributed by atoms with E-state index in [0.29, 0.717) is 0 Å². The van der Waals surface area contributed by atoms with Crippen LogP contribution in [0, 0.1) is 0 Å². The van der Waals surface area contributed by atoms with E-state index in [2.05, 4.69) is 135 Å². The third kappa shape index (κ3) is 9.12. The van der Waals surface area contributed by atoms with Crippen molar-refractivity contribution in [2.45, 2.75) is 199 Å². The summed E-state index contributed by atoms with van der Waals surface area (Å²) in [5.74, 6) is -0.449. The van der Waals surface area contributed by atoms with Gasteiger partial charge in [-0.25, -0.2) is 0 Å². The molecule has 5 atom stereocenters. The Labute approximate surface area is 286 Å². The molecule has 0 aromatic carbocycles. The Morgan fingerprint density at radius 2 is 0.891 bits per heavy atom. The number of hydrogen-bond donors (Lipinski definition) is 0. The van der Waals surface area contributed by atoms with Crippen molar-refractivity contribution in [2.24, 2.45) is 0 Å². The maximum absolute atomic E-state index is 13.4. The summed E-state index contributed by atoms with van der Waals surface area (Å²) in [6, 6.07) is 0. The van der Waals surface area contributed by atoms with E-state index in [1.165, 1.54) is 4.90 Å². The van der Waals surface area contributed by atoms with Gasteiger partial charge in [-0.1, -0.05) is 83.1 Å². The summed E-state index contributed by atoms with van der Waals surface area (Å²) in [5.41, 5.74) is 0.